The van der Waals surface area contributed by atoms with Crippen LogP contribution in [0.5, 0.6) is 11.5 Å². The summed E-state index contributed by atoms with van der Waals surface area (Å²) < 4.78 is 10.2. The monoisotopic (exact) mass is 457 g/mol. The minimum absolute atomic E-state index is 0.146. The van der Waals surface area contributed by atoms with E-state index in [-0.39, 0.29) is 34.6 Å². The van der Waals surface area contributed by atoms with Crippen LogP contribution in [0.3, 0.4) is 0 Å². The average molecular weight is 457 g/mol. The molecule has 32 heavy (non-hydrogen) atoms. The number of rotatable bonds is 8. The molecule has 1 heterocycles. The van der Waals surface area contributed by atoms with Crippen LogP contribution in [0.1, 0.15) is 12.0 Å². The zero-order valence-corrected chi connectivity index (χ0v) is 17.9. The Balaban J connectivity index is 1.60. The van der Waals surface area contributed by atoms with Crippen molar-refractivity contribution < 1.29 is 24.0 Å². The highest BCUT2D eigenvalue weighted by Gasteiger charge is 2.32. The predicted octanol–water partition coefficient (Wildman–Crippen LogP) is 2.56. The fraction of sp³-hybridized carbons (Fsp3) is 0.200. The first-order valence-corrected chi connectivity index (χ1v) is 10.1. The second-order valence-corrected chi connectivity index (χ2v) is 7.60. The first kappa shape index (κ1) is 22.7. The van der Waals surface area contributed by atoms with Gasteiger partial charge >= 0.3 is 0 Å². The molecule has 166 valence electrons. The van der Waals surface area contributed by atoms with Crippen LogP contribution < -0.4 is 20.1 Å². The number of nitrogens with zero attached hydrogens (tertiary/aromatic N) is 3. The van der Waals surface area contributed by atoms with E-state index >= 15 is 0 Å². The molecule has 2 aromatic carbocycles. The number of amidine groups is 1. The number of ether oxygens (including phenoxy) is 2. The number of nitro benzene ring substituents is 1. The molecule has 0 aliphatic carbocycles. The molecule has 2 amide bonds. The van der Waals surface area contributed by atoms with E-state index in [4.69, 9.17) is 9.47 Å². The fourth-order valence-electron chi connectivity index (χ4n) is 2.70. The molecule has 3 rings (SSSR count). The Labute approximate surface area is 187 Å². The summed E-state index contributed by atoms with van der Waals surface area (Å²) in [5.41, 5.74) is 0.748. The van der Waals surface area contributed by atoms with Crippen LogP contribution >= 0.6 is 11.8 Å². The number of hydrogen-bond acceptors (Lipinski definition) is 9. The van der Waals surface area contributed by atoms with Gasteiger partial charge in [-0.25, -0.2) is 0 Å². The van der Waals surface area contributed by atoms with E-state index < -0.39 is 16.1 Å². The molecule has 1 saturated heterocycles. The lowest BCUT2D eigenvalue weighted by Crippen LogP contribution is -2.28. The summed E-state index contributed by atoms with van der Waals surface area (Å²) in [5, 5.41) is 23.6. The Morgan fingerprint density at radius 2 is 2.00 bits per heavy atom. The number of thioether (sulfide) groups is 1. The summed E-state index contributed by atoms with van der Waals surface area (Å²) in [7, 11) is 2.96. The lowest BCUT2D eigenvalue weighted by Gasteiger charge is -2.11. The summed E-state index contributed by atoms with van der Waals surface area (Å²) in [4.78, 5) is 35.0. The van der Waals surface area contributed by atoms with Crippen molar-refractivity contribution in [1.82, 2.24) is 5.32 Å². The van der Waals surface area contributed by atoms with Crippen molar-refractivity contribution in [3.8, 4) is 11.5 Å². The molecule has 12 heteroatoms. The quantitative estimate of drug-likeness (QED) is 0.352. The number of benzene rings is 2. The van der Waals surface area contributed by atoms with Gasteiger partial charge in [0, 0.05) is 18.6 Å². The average Bonchev–Trinajstić information content (AvgIpc) is 3.12. The normalized spacial score (nSPS) is 16.8. The molecule has 1 atom stereocenters. The molecular weight excluding hydrogens is 438 g/mol. The summed E-state index contributed by atoms with van der Waals surface area (Å²) in [5.74, 6) is 0.104. The maximum absolute atomic E-state index is 12.4. The largest absolute Gasteiger partial charge is 0.497 e. The van der Waals surface area contributed by atoms with Crippen molar-refractivity contribution >= 4 is 46.3 Å². The van der Waals surface area contributed by atoms with Gasteiger partial charge in [0.2, 0.25) is 11.8 Å². The number of anilines is 1. The third kappa shape index (κ3) is 5.82. The van der Waals surface area contributed by atoms with Crippen molar-refractivity contribution in [3.05, 3.63) is 58.1 Å². The summed E-state index contributed by atoms with van der Waals surface area (Å²) in [6.45, 7) is 0. The van der Waals surface area contributed by atoms with Crippen LogP contribution in [-0.2, 0) is 9.59 Å². The van der Waals surface area contributed by atoms with Gasteiger partial charge in [-0.3, -0.25) is 19.7 Å². The second kappa shape index (κ2) is 10.4. The minimum Gasteiger partial charge on any atom is -0.497 e. The maximum atomic E-state index is 12.4. The van der Waals surface area contributed by atoms with Crippen molar-refractivity contribution in [1.29, 1.82) is 0 Å². The number of nitrogens with one attached hydrogen (secondary N) is 2. The van der Waals surface area contributed by atoms with Gasteiger partial charge in [0.1, 0.15) is 16.7 Å². The minimum atomic E-state index is -0.713. The summed E-state index contributed by atoms with van der Waals surface area (Å²) >= 11 is 1.07. The Morgan fingerprint density at radius 1 is 1.25 bits per heavy atom. The van der Waals surface area contributed by atoms with Crippen LogP contribution in [-0.4, -0.2) is 47.6 Å². The zero-order valence-electron chi connectivity index (χ0n) is 17.1. The van der Waals surface area contributed by atoms with Crippen molar-refractivity contribution in [2.75, 3.05) is 19.5 Å². The number of carbonyl (C=O) groups excluding carboxylic acids is 2. The van der Waals surface area contributed by atoms with E-state index in [1.807, 2.05) is 0 Å². The SMILES string of the molecule is COc1ccc(/C=N\N=C2/NC(=O)[C@H](CC(=O)Nc3cc([N+](=O)[O-])ccc3OC)S2)cc1. The van der Waals surface area contributed by atoms with Crippen molar-refractivity contribution in [2.45, 2.75) is 11.7 Å². The molecule has 0 bridgehead atoms. The van der Waals surface area contributed by atoms with Gasteiger partial charge in [-0.1, -0.05) is 11.8 Å². The van der Waals surface area contributed by atoms with Crippen LogP contribution in [0.2, 0.25) is 0 Å². The number of hydrogen-bond donors (Lipinski definition) is 2. The highest BCUT2D eigenvalue weighted by Crippen LogP contribution is 2.30. The highest BCUT2D eigenvalue weighted by molar-refractivity contribution is 8.15. The second-order valence-electron chi connectivity index (χ2n) is 6.41. The van der Waals surface area contributed by atoms with Gasteiger partial charge in [-0.15, -0.1) is 5.10 Å². The molecule has 1 aliphatic rings. The molecule has 1 aliphatic heterocycles. The van der Waals surface area contributed by atoms with Crippen LogP contribution in [0.15, 0.2) is 52.7 Å². The molecule has 2 N–H and O–H groups in total. The Bertz CT molecular complexity index is 1090. The Morgan fingerprint density at radius 3 is 2.66 bits per heavy atom. The van der Waals surface area contributed by atoms with Gasteiger partial charge in [0.15, 0.2) is 5.17 Å². The summed E-state index contributed by atoms with van der Waals surface area (Å²) in [6, 6.07) is 11.0. The van der Waals surface area contributed by atoms with E-state index in [2.05, 4.69) is 20.8 Å². The number of amides is 2. The molecule has 2 aromatic rings. The van der Waals surface area contributed by atoms with Crippen LogP contribution in [0.25, 0.3) is 0 Å². The van der Waals surface area contributed by atoms with E-state index in [1.54, 1.807) is 31.4 Å². The van der Waals surface area contributed by atoms with E-state index in [0.29, 0.717) is 0 Å². The van der Waals surface area contributed by atoms with Crippen LogP contribution in [0, 0.1) is 10.1 Å². The lowest BCUT2D eigenvalue weighted by molar-refractivity contribution is -0.384. The predicted molar refractivity (Wildman–Crippen MR) is 120 cm³/mol. The number of nitro groups is 1. The van der Waals surface area contributed by atoms with Gasteiger partial charge < -0.3 is 20.1 Å². The number of carbonyl (C=O) groups is 2. The first-order valence-electron chi connectivity index (χ1n) is 9.24. The lowest BCUT2D eigenvalue weighted by atomic mass is 10.2. The third-order valence-electron chi connectivity index (χ3n) is 4.29. The number of non-ortho nitro benzene ring substituents is 1. The molecule has 1 fully saturated rings. The molecule has 0 unspecified atom stereocenters. The van der Waals surface area contributed by atoms with Gasteiger partial charge in [-0.05, 0) is 35.9 Å². The van der Waals surface area contributed by atoms with E-state index in [1.165, 1.54) is 31.5 Å². The topological polar surface area (TPSA) is 145 Å². The molecule has 0 aromatic heterocycles. The van der Waals surface area contributed by atoms with E-state index in [0.717, 1.165) is 23.1 Å². The highest BCUT2D eigenvalue weighted by atomic mass is 32.2. The summed E-state index contributed by atoms with van der Waals surface area (Å²) in [6.07, 6.45) is 1.36. The number of methoxy groups -OCH3 is 2. The molecule has 11 nitrogen and oxygen atoms in total. The molecular formula is C20H19N5O6S. The van der Waals surface area contributed by atoms with Gasteiger partial charge in [0.05, 0.1) is 31.0 Å². The van der Waals surface area contributed by atoms with Crippen molar-refractivity contribution in [3.63, 3.8) is 0 Å². The Hall–Kier alpha value is -3.93. The van der Waals surface area contributed by atoms with Gasteiger partial charge in [-0.2, -0.15) is 5.10 Å². The Kier molecular flexibility index (Phi) is 7.39. The molecule has 0 spiro atoms. The standard InChI is InChI=1S/C20H19N5O6S/c1-30-14-6-3-12(4-7-14)11-21-24-20-23-19(27)17(32-20)10-18(26)22-15-9-13(25(28)29)5-8-16(15)31-2/h3-9,11,17H,10H2,1-2H3,(H,22,26)(H,23,24,27)/b21-11-/t17-/m0/s1. The maximum Gasteiger partial charge on any atom is 0.271 e. The first-order chi connectivity index (χ1) is 15.4. The zero-order chi connectivity index (χ0) is 23.1. The van der Waals surface area contributed by atoms with Gasteiger partial charge in [0.25, 0.3) is 5.69 Å². The van der Waals surface area contributed by atoms with E-state index in [9.17, 15) is 19.7 Å². The fourth-order valence-corrected chi connectivity index (χ4v) is 3.63. The van der Waals surface area contributed by atoms with Crippen LogP contribution in [0.4, 0.5) is 11.4 Å². The smallest absolute Gasteiger partial charge is 0.271 e. The van der Waals surface area contributed by atoms with Crippen molar-refractivity contribution in [2.24, 2.45) is 10.2 Å². The molecule has 0 radical (unpaired) electrons. The third-order valence-corrected chi connectivity index (χ3v) is 5.36. The molecule has 0 saturated carbocycles.